The first-order valence-corrected chi connectivity index (χ1v) is 5.70. The van der Waals surface area contributed by atoms with Crippen molar-refractivity contribution in [3.63, 3.8) is 0 Å². The number of hydrogen-bond acceptors (Lipinski definition) is 2. The maximum atomic E-state index is 8.95. The minimum Gasteiger partial charge on any atom is -0.411 e. The van der Waals surface area contributed by atoms with Crippen molar-refractivity contribution in [3.05, 3.63) is 42.0 Å². The SMILES string of the molecule is CC1(/C=C/c2ccccc2)CCC/C1=N\O. The lowest BCUT2D eigenvalue weighted by Crippen LogP contribution is -2.18. The maximum Gasteiger partial charge on any atom is 0.0667 e. The summed E-state index contributed by atoms with van der Waals surface area (Å²) in [5.41, 5.74) is 2.03. The largest absolute Gasteiger partial charge is 0.411 e. The molecule has 0 radical (unpaired) electrons. The summed E-state index contributed by atoms with van der Waals surface area (Å²) in [7, 11) is 0. The van der Waals surface area contributed by atoms with E-state index in [1.165, 1.54) is 5.56 Å². The van der Waals surface area contributed by atoms with Gasteiger partial charge in [0.1, 0.15) is 0 Å². The van der Waals surface area contributed by atoms with Crippen LogP contribution in [0.1, 0.15) is 31.7 Å². The Kier molecular flexibility index (Phi) is 3.09. The van der Waals surface area contributed by atoms with Gasteiger partial charge in [0.05, 0.1) is 5.71 Å². The molecule has 1 aliphatic rings. The topological polar surface area (TPSA) is 32.6 Å². The molecule has 1 N–H and O–H groups in total. The van der Waals surface area contributed by atoms with Gasteiger partial charge in [0.25, 0.3) is 0 Å². The second-order valence-electron chi connectivity index (χ2n) is 4.56. The van der Waals surface area contributed by atoms with Crippen LogP contribution in [0.5, 0.6) is 0 Å². The molecule has 16 heavy (non-hydrogen) atoms. The molecule has 2 heteroatoms. The Balaban J connectivity index is 2.18. The fourth-order valence-corrected chi connectivity index (χ4v) is 2.24. The Labute approximate surface area is 96.3 Å². The van der Waals surface area contributed by atoms with Crippen LogP contribution < -0.4 is 0 Å². The van der Waals surface area contributed by atoms with Crippen LogP contribution in [0.25, 0.3) is 6.08 Å². The normalized spacial score (nSPS) is 27.9. The van der Waals surface area contributed by atoms with E-state index >= 15 is 0 Å². The summed E-state index contributed by atoms with van der Waals surface area (Å²) in [5.74, 6) is 0. The van der Waals surface area contributed by atoms with Crippen LogP contribution in [0.4, 0.5) is 0 Å². The van der Waals surface area contributed by atoms with Crippen LogP contribution in [-0.4, -0.2) is 10.9 Å². The molecule has 0 aliphatic heterocycles. The van der Waals surface area contributed by atoms with E-state index < -0.39 is 0 Å². The van der Waals surface area contributed by atoms with Crippen molar-refractivity contribution in [3.8, 4) is 0 Å². The van der Waals surface area contributed by atoms with Crippen molar-refractivity contribution in [1.82, 2.24) is 0 Å². The smallest absolute Gasteiger partial charge is 0.0667 e. The molecule has 1 aromatic rings. The summed E-state index contributed by atoms with van der Waals surface area (Å²) in [5, 5.41) is 12.4. The van der Waals surface area contributed by atoms with Gasteiger partial charge >= 0.3 is 0 Å². The van der Waals surface area contributed by atoms with Crippen LogP contribution >= 0.6 is 0 Å². The molecule has 2 rings (SSSR count). The first-order chi connectivity index (χ1) is 7.74. The minimum absolute atomic E-state index is 0.0649. The molecular formula is C14H17NO. The van der Waals surface area contributed by atoms with E-state index in [2.05, 4.69) is 36.4 Å². The van der Waals surface area contributed by atoms with Crippen LogP contribution in [0.3, 0.4) is 0 Å². The number of rotatable bonds is 2. The molecule has 1 atom stereocenters. The van der Waals surface area contributed by atoms with Gasteiger partial charge in [-0.1, -0.05) is 54.6 Å². The summed E-state index contributed by atoms with van der Waals surface area (Å²) in [6.45, 7) is 2.13. The van der Waals surface area contributed by atoms with E-state index in [4.69, 9.17) is 5.21 Å². The molecule has 0 spiro atoms. The van der Waals surface area contributed by atoms with Crippen molar-refractivity contribution in [2.75, 3.05) is 0 Å². The van der Waals surface area contributed by atoms with Crippen molar-refractivity contribution in [1.29, 1.82) is 0 Å². The van der Waals surface area contributed by atoms with Crippen molar-refractivity contribution in [2.45, 2.75) is 26.2 Å². The van der Waals surface area contributed by atoms with Gasteiger partial charge in [-0.15, -0.1) is 0 Å². The van der Waals surface area contributed by atoms with Crippen LogP contribution in [-0.2, 0) is 0 Å². The molecule has 0 saturated heterocycles. The van der Waals surface area contributed by atoms with Crippen LogP contribution in [0.15, 0.2) is 41.6 Å². The van der Waals surface area contributed by atoms with E-state index in [9.17, 15) is 0 Å². The fraction of sp³-hybridized carbons (Fsp3) is 0.357. The maximum absolute atomic E-state index is 8.95. The van der Waals surface area contributed by atoms with E-state index in [0.717, 1.165) is 25.0 Å². The second-order valence-corrected chi connectivity index (χ2v) is 4.56. The number of hydrogen-bond donors (Lipinski definition) is 1. The molecule has 2 nitrogen and oxygen atoms in total. The summed E-state index contributed by atoms with van der Waals surface area (Å²) >= 11 is 0. The number of benzene rings is 1. The Morgan fingerprint density at radius 1 is 1.31 bits per heavy atom. The number of nitrogens with zero attached hydrogens (tertiary/aromatic N) is 1. The Morgan fingerprint density at radius 2 is 2.06 bits per heavy atom. The fourth-order valence-electron chi connectivity index (χ4n) is 2.24. The zero-order chi connectivity index (χ0) is 11.4. The lowest BCUT2D eigenvalue weighted by molar-refractivity contribution is 0.312. The van der Waals surface area contributed by atoms with Gasteiger partial charge < -0.3 is 5.21 Å². The van der Waals surface area contributed by atoms with Gasteiger partial charge in [0, 0.05) is 5.41 Å². The van der Waals surface area contributed by atoms with Crippen molar-refractivity contribution >= 4 is 11.8 Å². The van der Waals surface area contributed by atoms with Gasteiger partial charge in [-0.25, -0.2) is 0 Å². The second kappa shape index (κ2) is 4.52. The third kappa shape index (κ3) is 2.16. The zero-order valence-electron chi connectivity index (χ0n) is 9.56. The first-order valence-electron chi connectivity index (χ1n) is 5.70. The quantitative estimate of drug-likeness (QED) is 0.592. The summed E-state index contributed by atoms with van der Waals surface area (Å²) in [4.78, 5) is 0. The molecule has 0 heterocycles. The average Bonchev–Trinajstić information content (AvgIpc) is 2.70. The van der Waals surface area contributed by atoms with Gasteiger partial charge in [0.2, 0.25) is 0 Å². The van der Waals surface area contributed by atoms with E-state index in [0.29, 0.717) is 0 Å². The van der Waals surface area contributed by atoms with Crippen LogP contribution in [0.2, 0.25) is 0 Å². The third-order valence-corrected chi connectivity index (χ3v) is 3.33. The Bertz CT molecular complexity index is 408. The van der Waals surface area contributed by atoms with Crippen molar-refractivity contribution in [2.24, 2.45) is 10.6 Å². The predicted octanol–water partition coefficient (Wildman–Crippen LogP) is 3.72. The van der Waals surface area contributed by atoms with Gasteiger partial charge in [-0.2, -0.15) is 0 Å². The average molecular weight is 215 g/mol. The highest BCUT2D eigenvalue weighted by atomic mass is 16.4. The van der Waals surface area contributed by atoms with Gasteiger partial charge in [0.15, 0.2) is 0 Å². The van der Waals surface area contributed by atoms with Crippen LogP contribution in [0, 0.1) is 5.41 Å². The zero-order valence-corrected chi connectivity index (χ0v) is 9.56. The summed E-state index contributed by atoms with van der Waals surface area (Å²) < 4.78 is 0. The summed E-state index contributed by atoms with van der Waals surface area (Å²) in [6.07, 6.45) is 7.35. The van der Waals surface area contributed by atoms with E-state index in [1.807, 2.05) is 18.2 Å². The highest BCUT2D eigenvalue weighted by Gasteiger charge is 2.33. The number of allylic oxidation sites excluding steroid dienone is 1. The lowest BCUT2D eigenvalue weighted by atomic mass is 9.86. The molecule has 1 saturated carbocycles. The standard InChI is InChI=1S/C14H17NO/c1-14(10-5-8-13(14)15-16)11-9-12-6-3-2-4-7-12/h2-4,6-7,9,11,16H,5,8,10H2,1H3/b11-9+,15-13+. The molecule has 1 fully saturated rings. The molecule has 0 aromatic heterocycles. The Morgan fingerprint density at radius 3 is 2.75 bits per heavy atom. The van der Waals surface area contributed by atoms with Gasteiger partial charge in [-0.3, -0.25) is 0 Å². The molecule has 1 aromatic carbocycles. The Hall–Kier alpha value is -1.57. The first kappa shape index (κ1) is 10.9. The number of oxime groups is 1. The summed E-state index contributed by atoms with van der Waals surface area (Å²) in [6, 6.07) is 10.2. The van der Waals surface area contributed by atoms with Crippen molar-refractivity contribution < 1.29 is 5.21 Å². The molecule has 0 amide bonds. The molecule has 0 bridgehead atoms. The van der Waals surface area contributed by atoms with E-state index in [1.54, 1.807) is 0 Å². The molecule has 1 unspecified atom stereocenters. The van der Waals surface area contributed by atoms with E-state index in [-0.39, 0.29) is 5.41 Å². The predicted molar refractivity (Wildman–Crippen MR) is 66.7 cm³/mol. The lowest BCUT2D eigenvalue weighted by Gasteiger charge is -2.18. The molecular weight excluding hydrogens is 198 g/mol. The highest BCUT2D eigenvalue weighted by Crippen LogP contribution is 2.37. The minimum atomic E-state index is -0.0649. The monoisotopic (exact) mass is 215 g/mol. The molecule has 84 valence electrons. The van der Waals surface area contributed by atoms with Gasteiger partial charge in [-0.05, 0) is 24.8 Å². The third-order valence-electron chi connectivity index (χ3n) is 3.33. The molecule has 1 aliphatic carbocycles. The highest BCUT2D eigenvalue weighted by molar-refractivity contribution is 5.93.